The summed E-state index contributed by atoms with van der Waals surface area (Å²) in [6.45, 7) is 0. The number of nitrogens with one attached hydrogen (secondary N) is 1. The molecule has 16 heavy (non-hydrogen) atoms. The molecule has 0 aliphatic rings. The normalized spacial score (nSPS) is 10.4. The highest BCUT2D eigenvalue weighted by Crippen LogP contribution is 2.25. The van der Waals surface area contributed by atoms with Crippen LogP contribution >= 0.6 is 11.6 Å². The molecule has 4 nitrogen and oxygen atoms in total. The molecule has 5 heteroatoms. The highest BCUT2D eigenvalue weighted by atomic mass is 35.5. The van der Waals surface area contributed by atoms with E-state index in [-0.39, 0.29) is 0 Å². The molecular formula is C11H12ClN3O. The Morgan fingerprint density at radius 2 is 2.25 bits per heavy atom. The van der Waals surface area contributed by atoms with Crippen molar-refractivity contribution < 1.29 is 4.74 Å². The number of methoxy groups -OCH3 is 1. The van der Waals surface area contributed by atoms with Crippen LogP contribution in [-0.4, -0.2) is 22.5 Å². The summed E-state index contributed by atoms with van der Waals surface area (Å²) in [6, 6.07) is 5.80. The Hall–Kier alpha value is -1.55. The molecule has 0 saturated carbocycles. The molecule has 0 unspecified atom stereocenters. The molecule has 2 rings (SSSR count). The quantitative estimate of drug-likeness (QED) is 0.888. The van der Waals surface area contributed by atoms with Crippen LogP contribution in [0.3, 0.4) is 0 Å². The standard InChI is InChI=1S/C11H12ClN3O/c1-16-11-5-3-8(6-10(11)12)2-4-9-7-13-15-14-9/h3,5-7H,2,4H2,1H3,(H,13,14,15). The zero-order valence-corrected chi connectivity index (χ0v) is 9.66. The Bertz CT molecular complexity index is 456. The van der Waals surface area contributed by atoms with Crippen LogP contribution < -0.4 is 4.74 Å². The first-order chi connectivity index (χ1) is 7.79. The van der Waals surface area contributed by atoms with Gasteiger partial charge in [0, 0.05) is 0 Å². The summed E-state index contributed by atoms with van der Waals surface area (Å²) in [5, 5.41) is 11.0. The Labute approximate surface area is 98.6 Å². The topological polar surface area (TPSA) is 50.8 Å². The van der Waals surface area contributed by atoms with E-state index in [0.29, 0.717) is 10.8 Å². The second-order valence-corrected chi connectivity index (χ2v) is 3.84. The molecule has 1 aromatic carbocycles. The van der Waals surface area contributed by atoms with Crippen molar-refractivity contribution in [3.05, 3.63) is 40.7 Å². The highest BCUT2D eigenvalue weighted by Gasteiger charge is 2.03. The molecule has 1 aromatic heterocycles. The van der Waals surface area contributed by atoms with Gasteiger partial charge < -0.3 is 4.74 Å². The zero-order chi connectivity index (χ0) is 11.4. The fourth-order valence-corrected chi connectivity index (χ4v) is 1.76. The highest BCUT2D eigenvalue weighted by molar-refractivity contribution is 6.32. The van der Waals surface area contributed by atoms with Crippen molar-refractivity contribution >= 4 is 11.6 Å². The van der Waals surface area contributed by atoms with Gasteiger partial charge >= 0.3 is 0 Å². The molecule has 0 saturated heterocycles. The molecule has 84 valence electrons. The second-order valence-electron chi connectivity index (χ2n) is 3.43. The minimum Gasteiger partial charge on any atom is -0.495 e. The predicted octanol–water partition coefficient (Wildman–Crippen LogP) is 2.25. The first-order valence-electron chi connectivity index (χ1n) is 4.96. The number of ether oxygens (including phenoxy) is 1. The number of nitrogens with zero attached hydrogens (tertiary/aromatic N) is 2. The van der Waals surface area contributed by atoms with E-state index in [1.807, 2.05) is 18.2 Å². The lowest BCUT2D eigenvalue weighted by Gasteiger charge is -2.05. The Kier molecular flexibility index (Phi) is 3.41. The molecule has 2 aromatic rings. The van der Waals surface area contributed by atoms with Gasteiger partial charge in [0.15, 0.2) is 0 Å². The Morgan fingerprint density at radius 1 is 1.38 bits per heavy atom. The number of hydrogen-bond acceptors (Lipinski definition) is 3. The van der Waals surface area contributed by atoms with Crippen LogP contribution in [0.5, 0.6) is 5.75 Å². The van der Waals surface area contributed by atoms with Crippen LogP contribution in [-0.2, 0) is 12.8 Å². The molecule has 1 heterocycles. The van der Waals surface area contributed by atoms with Crippen LogP contribution in [0, 0.1) is 0 Å². The van der Waals surface area contributed by atoms with E-state index in [1.165, 1.54) is 0 Å². The maximum absolute atomic E-state index is 6.03. The maximum Gasteiger partial charge on any atom is 0.137 e. The van der Waals surface area contributed by atoms with Crippen LogP contribution in [0.15, 0.2) is 24.4 Å². The van der Waals surface area contributed by atoms with Crippen molar-refractivity contribution in [1.29, 1.82) is 0 Å². The van der Waals surface area contributed by atoms with E-state index >= 15 is 0 Å². The zero-order valence-electron chi connectivity index (χ0n) is 8.90. The van der Waals surface area contributed by atoms with Crippen molar-refractivity contribution in [2.45, 2.75) is 12.8 Å². The van der Waals surface area contributed by atoms with E-state index in [4.69, 9.17) is 16.3 Å². The van der Waals surface area contributed by atoms with E-state index < -0.39 is 0 Å². The first-order valence-corrected chi connectivity index (χ1v) is 5.34. The summed E-state index contributed by atoms with van der Waals surface area (Å²) >= 11 is 6.03. The number of benzene rings is 1. The number of H-pyrrole nitrogens is 1. The molecule has 1 N–H and O–H groups in total. The largest absolute Gasteiger partial charge is 0.495 e. The molecule has 0 aliphatic heterocycles. The van der Waals surface area contributed by atoms with Crippen molar-refractivity contribution in [3.8, 4) is 5.75 Å². The summed E-state index contributed by atoms with van der Waals surface area (Å²) in [6.07, 6.45) is 3.46. The fourth-order valence-electron chi connectivity index (χ4n) is 1.48. The number of aromatic nitrogens is 3. The summed E-state index contributed by atoms with van der Waals surface area (Å²) in [5.74, 6) is 0.701. The van der Waals surface area contributed by atoms with E-state index in [1.54, 1.807) is 13.3 Å². The maximum atomic E-state index is 6.03. The summed E-state index contributed by atoms with van der Waals surface area (Å²) in [4.78, 5) is 0. The average Bonchev–Trinajstić information content (AvgIpc) is 2.79. The van der Waals surface area contributed by atoms with Gasteiger partial charge in [0.1, 0.15) is 5.75 Å². The van der Waals surface area contributed by atoms with Crippen LogP contribution in [0.4, 0.5) is 0 Å². The van der Waals surface area contributed by atoms with Gasteiger partial charge in [-0.3, -0.25) is 0 Å². The molecule has 0 atom stereocenters. The number of aryl methyl sites for hydroxylation is 2. The fraction of sp³-hybridized carbons (Fsp3) is 0.273. The molecule has 0 spiro atoms. The van der Waals surface area contributed by atoms with E-state index in [9.17, 15) is 0 Å². The summed E-state index contributed by atoms with van der Waals surface area (Å²) in [5.41, 5.74) is 2.11. The Morgan fingerprint density at radius 3 is 2.88 bits per heavy atom. The van der Waals surface area contributed by atoms with Gasteiger partial charge in [-0.05, 0) is 30.5 Å². The number of halogens is 1. The predicted molar refractivity (Wildman–Crippen MR) is 61.8 cm³/mol. The van der Waals surface area contributed by atoms with Gasteiger partial charge in [-0.2, -0.15) is 15.4 Å². The van der Waals surface area contributed by atoms with Gasteiger partial charge in [0.05, 0.1) is 24.0 Å². The van der Waals surface area contributed by atoms with Crippen molar-refractivity contribution in [2.75, 3.05) is 7.11 Å². The van der Waals surface area contributed by atoms with Gasteiger partial charge in [-0.1, -0.05) is 17.7 Å². The van der Waals surface area contributed by atoms with E-state index in [0.717, 1.165) is 24.1 Å². The average molecular weight is 238 g/mol. The smallest absolute Gasteiger partial charge is 0.137 e. The van der Waals surface area contributed by atoms with Gasteiger partial charge in [-0.25, -0.2) is 0 Å². The lowest BCUT2D eigenvalue weighted by molar-refractivity contribution is 0.415. The third-order valence-electron chi connectivity index (χ3n) is 2.35. The lowest BCUT2D eigenvalue weighted by Crippen LogP contribution is -1.93. The Balaban J connectivity index is 2.02. The number of aromatic amines is 1. The molecule has 0 bridgehead atoms. The second kappa shape index (κ2) is 4.99. The molecule has 0 fully saturated rings. The molecule has 0 radical (unpaired) electrons. The lowest BCUT2D eigenvalue weighted by atomic mass is 10.1. The molecule has 0 aliphatic carbocycles. The first kappa shape index (κ1) is 11.0. The summed E-state index contributed by atoms with van der Waals surface area (Å²) < 4.78 is 5.09. The van der Waals surface area contributed by atoms with Gasteiger partial charge in [0.25, 0.3) is 0 Å². The van der Waals surface area contributed by atoms with Crippen LogP contribution in [0.25, 0.3) is 0 Å². The third-order valence-corrected chi connectivity index (χ3v) is 2.65. The minimum atomic E-state index is 0.639. The SMILES string of the molecule is COc1ccc(CCc2cn[nH]n2)cc1Cl. The molecular weight excluding hydrogens is 226 g/mol. The van der Waals surface area contributed by atoms with Crippen molar-refractivity contribution in [1.82, 2.24) is 15.4 Å². The third kappa shape index (κ3) is 2.52. The van der Waals surface area contributed by atoms with E-state index in [2.05, 4.69) is 15.4 Å². The van der Waals surface area contributed by atoms with Crippen molar-refractivity contribution in [2.24, 2.45) is 0 Å². The van der Waals surface area contributed by atoms with Crippen LogP contribution in [0.1, 0.15) is 11.3 Å². The van der Waals surface area contributed by atoms with Crippen LogP contribution in [0.2, 0.25) is 5.02 Å². The van der Waals surface area contributed by atoms with Crippen molar-refractivity contribution in [3.63, 3.8) is 0 Å². The van der Waals surface area contributed by atoms with Gasteiger partial charge in [-0.15, -0.1) is 0 Å². The summed E-state index contributed by atoms with van der Waals surface area (Å²) in [7, 11) is 1.61. The van der Waals surface area contributed by atoms with Gasteiger partial charge in [0.2, 0.25) is 0 Å². The monoisotopic (exact) mass is 237 g/mol. The number of hydrogen-bond donors (Lipinski definition) is 1. The number of rotatable bonds is 4. The minimum absolute atomic E-state index is 0.639. The molecule has 0 amide bonds.